The first-order chi connectivity index (χ1) is 16.1. The number of aryl methyl sites for hydroxylation is 3. The molecule has 172 valence electrons. The topological polar surface area (TPSA) is 55.1 Å². The summed E-state index contributed by atoms with van der Waals surface area (Å²) < 4.78 is 2.15. The molecule has 1 N–H and O–H groups in total. The normalized spacial score (nSPS) is 16.7. The molecule has 0 aliphatic carbocycles. The lowest BCUT2D eigenvalue weighted by Crippen LogP contribution is -2.11. The predicted molar refractivity (Wildman–Crippen MR) is 139 cm³/mol. The molecule has 3 heterocycles. The van der Waals surface area contributed by atoms with E-state index in [1.54, 1.807) is 0 Å². The maximum Gasteiger partial charge on any atom is 0.159 e. The van der Waals surface area contributed by atoms with Crippen LogP contribution in [-0.4, -0.2) is 40.9 Å². The Labute approximate surface area is 197 Å². The van der Waals surface area contributed by atoms with Crippen LogP contribution in [0.4, 0.5) is 0 Å². The van der Waals surface area contributed by atoms with E-state index in [2.05, 4.69) is 78.4 Å². The first-order valence-corrected chi connectivity index (χ1v) is 12.0. The quantitative estimate of drug-likeness (QED) is 0.470. The lowest BCUT2D eigenvalue weighted by molar-refractivity contribution is 0.529. The van der Waals surface area contributed by atoms with Gasteiger partial charge >= 0.3 is 0 Å². The summed E-state index contributed by atoms with van der Waals surface area (Å²) in [5, 5.41) is 3.48. The highest BCUT2D eigenvalue weighted by molar-refractivity contribution is 6.10. The van der Waals surface area contributed by atoms with Crippen molar-refractivity contribution in [3.63, 3.8) is 0 Å². The first kappa shape index (κ1) is 23.1. The van der Waals surface area contributed by atoms with Gasteiger partial charge in [-0.05, 0) is 80.4 Å². The van der Waals surface area contributed by atoms with Gasteiger partial charge in [0.1, 0.15) is 0 Å². The van der Waals surface area contributed by atoms with Crippen molar-refractivity contribution >= 4 is 11.8 Å². The molecule has 0 amide bonds. The fraction of sp³-hybridized carbons (Fsp3) is 0.393. The second-order valence-electron chi connectivity index (χ2n) is 8.97. The lowest BCUT2D eigenvalue weighted by Gasteiger charge is -2.14. The molecule has 1 unspecified atom stereocenters. The van der Waals surface area contributed by atoms with E-state index >= 15 is 0 Å². The number of hydrogen-bond donors (Lipinski definition) is 1. The van der Waals surface area contributed by atoms with Crippen molar-refractivity contribution in [2.24, 2.45) is 18.0 Å². The molecule has 5 nitrogen and oxygen atoms in total. The maximum atomic E-state index is 5.11. The van der Waals surface area contributed by atoms with Crippen LogP contribution in [0, 0.1) is 12.8 Å². The second kappa shape index (κ2) is 10.7. The van der Waals surface area contributed by atoms with Gasteiger partial charge in [0.2, 0.25) is 0 Å². The van der Waals surface area contributed by atoms with Gasteiger partial charge < -0.3 is 9.88 Å². The molecule has 0 saturated carbocycles. The van der Waals surface area contributed by atoms with E-state index in [-0.39, 0.29) is 0 Å². The minimum atomic E-state index is 0.722. The molecular formula is C28H35N5. The van der Waals surface area contributed by atoms with Crippen molar-refractivity contribution < 1.29 is 0 Å². The van der Waals surface area contributed by atoms with Gasteiger partial charge in [-0.1, -0.05) is 31.2 Å². The summed E-state index contributed by atoms with van der Waals surface area (Å²) in [5.74, 6) is 1.51. The fourth-order valence-corrected chi connectivity index (χ4v) is 4.55. The van der Waals surface area contributed by atoms with Gasteiger partial charge in [0.25, 0.3) is 0 Å². The van der Waals surface area contributed by atoms with Crippen LogP contribution in [0.25, 0.3) is 28.1 Å². The van der Waals surface area contributed by atoms with Crippen molar-refractivity contribution in [3.8, 4) is 22.5 Å². The van der Waals surface area contributed by atoms with Crippen molar-refractivity contribution in [1.82, 2.24) is 19.9 Å². The summed E-state index contributed by atoms with van der Waals surface area (Å²) in [7, 11) is 3.90. The Morgan fingerprint density at radius 3 is 2.79 bits per heavy atom. The van der Waals surface area contributed by atoms with Crippen LogP contribution in [0.3, 0.4) is 0 Å². The average molecular weight is 442 g/mol. The zero-order valence-electron chi connectivity index (χ0n) is 20.3. The number of aromatic nitrogens is 3. The molecule has 1 aliphatic rings. The highest BCUT2D eigenvalue weighted by atomic mass is 14.9. The summed E-state index contributed by atoms with van der Waals surface area (Å²) >= 11 is 0. The number of hydrogen-bond acceptors (Lipinski definition) is 4. The van der Waals surface area contributed by atoms with Gasteiger partial charge in [-0.3, -0.25) is 4.99 Å². The predicted octanol–water partition coefficient (Wildman–Crippen LogP) is 5.49. The molecule has 1 fully saturated rings. The Hall–Kier alpha value is -3.05. The highest BCUT2D eigenvalue weighted by Gasteiger charge is 2.18. The van der Waals surface area contributed by atoms with E-state index in [1.165, 1.54) is 23.2 Å². The second-order valence-corrected chi connectivity index (χ2v) is 8.97. The molecule has 2 aromatic heterocycles. The van der Waals surface area contributed by atoms with Crippen LogP contribution in [-0.2, 0) is 13.5 Å². The Balaban J connectivity index is 1.70. The van der Waals surface area contributed by atoms with Crippen LogP contribution < -0.4 is 5.32 Å². The summed E-state index contributed by atoms with van der Waals surface area (Å²) in [6.07, 6.45) is 12.6. The Kier molecular flexibility index (Phi) is 7.50. The van der Waals surface area contributed by atoms with Crippen LogP contribution in [0.1, 0.15) is 43.1 Å². The smallest absolute Gasteiger partial charge is 0.159 e. The number of rotatable bonds is 8. The zero-order valence-corrected chi connectivity index (χ0v) is 20.3. The highest BCUT2D eigenvalue weighted by Crippen LogP contribution is 2.28. The van der Waals surface area contributed by atoms with Crippen LogP contribution in [0.5, 0.6) is 0 Å². The van der Waals surface area contributed by atoms with Crippen LogP contribution >= 0.6 is 0 Å². The molecule has 3 aromatic rings. The van der Waals surface area contributed by atoms with E-state index in [0.29, 0.717) is 0 Å². The van der Waals surface area contributed by atoms with E-state index in [1.807, 2.05) is 19.5 Å². The zero-order chi connectivity index (χ0) is 23.2. The fourth-order valence-electron chi connectivity index (χ4n) is 4.55. The average Bonchev–Trinajstić information content (AvgIpc) is 3.47. The van der Waals surface area contributed by atoms with E-state index < -0.39 is 0 Å². The SMILES string of the molecule is CC/C=C(\C=NC)c1cnc(-c2cccc(-c3cc(C)n(C)c3)c2)nc1CCC1CCNC1. The third-order valence-electron chi connectivity index (χ3n) is 6.53. The molecule has 0 radical (unpaired) electrons. The number of aliphatic imine (C=N–C) groups is 1. The van der Waals surface area contributed by atoms with Gasteiger partial charge in [-0.15, -0.1) is 0 Å². The molecule has 0 bridgehead atoms. The molecule has 5 heteroatoms. The van der Waals surface area contributed by atoms with Crippen molar-refractivity contribution in [1.29, 1.82) is 0 Å². The van der Waals surface area contributed by atoms with E-state index in [4.69, 9.17) is 9.97 Å². The molecule has 0 spiro atoms. The number of allylic oxidation sites excluding steroid dienone is 2. The summed E-state index contributed by atoms with van der Waals surface area (Å²) in [6, 6.07) is 10.8. The molecule has 1 atom stereocenters. The molecular weight excluding hydrogens is 406 g/mol. The third kappa shape index (κ3) is 5.48. The van der Waals surface area contributed by atoms with E-state index in [0.717, 1.165) is 66.5 Å². The van der Waals surface area contributed by atoms with Gasteiger partial charge in [-0.2, -0.15) is 0 Å². The number of nitrogens with one attached hydrogen (secondary N) is 1. The van der Waals surface area contributed by atoms with E-state index in [9.17, 15) is 0 Å². The van der Waals surface area contributed by atoms with Gasteiger partial charge in [-0.25, -0.2) is 9.97 Å². The van der Waals surface area contributed by atoms with Crippen molar-refractivity contribution in [2.75, 3.05) is 20.1 Å². The summed E-state index contributed by atoms with van der Waals surface area (Å²) in [4.78, 5) is 14.2. The number of nitrogens with zero attached hydrogens (tertiary/aromatic N) is 4. The minimum Gasteiger partial charge on any atom is -0.354 e. The standard InChI is InChI=1S/C28H35N5/c1-5-7-24(17-29-3)26-18-31-28(32-27(26)11-10-21-12-13-30-16-21)23-9-6-8-22(15-23)25-14-20(2)33(4)19-25/h6-9,14-15,17-19,21,30H,5,10-13,16H2,1-4H3/b24-7+,29-17?. The Bertz CT molecular complexity index is 1130. The van der Waals surface area contributed by atoms with Gasteiger partial charge in [0.05, 0.1) is 5.69 Å². The molecule has 4 rings (SSSR count). The first-order valence-electron chi connectivity index (χ1n) is 12.0. The molecule has 1 aromatic carbocycles. The Morgan fingerprint density at radius 1 is 1.24 bits per heavy atom. The maximum absolute atomic E-state index is 5.11. The van der Waals surface area contributed by atoms with Crippen LogP contribution in [0.15, 0.2) is 53.8 Å². The molecule has 33 heavy (non-hydrogen) atoms. The van der Waals surface area contributed by atoms with Crippen LogP contribution in [0.2, 0.25) is 0 Å². The largest absolute Gasteiger partial charge is 0.354 e. The van der Waals surface area contributed by atoms with Crippen molar-refractivity contribution in [2.45, 2.75) is 39.5 Å². The number of benzene rings is 1. The monoisotopic (exact) mass is 441 g/mol. The molecule has 1 saturated heterocycles. The van der Waals surface area contributed by atoms with Gasteiger partial charge in [0.15, 0.2) is 5.82 Å². The Morgan fingerprint density at radius 2 is 2.09 bits per heavy atom. The minimum absolute atomic E-state index is 0.722. The lowest BCUT2D eigenvalue weighted by atomic mass is 9.96. The third-order valence-corrected chi connectivity index (χ3v) is 6.53. The molecule has 1 aliphatic heterocycles. The van der Waals surface area contributed by atoms with Crippen molar-refractivity contribution in [3.05, 3.63) is 65.8 Å². The van der Waals surface area contributed by atoms with Gasteiger partial charge in [0, 0.05) is 49.5 Å². The summed E-state index contributed by atoms with van der Waals surface area (Å²) in [6.45, 7) is 6.52. The summed E-state index contributed by atoms with van der Waals surface area (Å²) in [5.41, 5.74) is 8.03.